The smallest absolute Gasteiger partial charge is 0.147 e. The van der Waals surface area contributed by atoms with E-state index in [2.05, 4.69) is 9.80 Å². The second kappa shape index (κ2) is 13.0. The van der Waals surface area contributed by atoms with Gasteiger partial charge in [0.25, 0.3) is 0 Å². The first kappa shape index (κ1) is 27.9. The predicted octanol–water partition coefficient (Wildman–Crippen LogP) is 2.98. The summed E-state index contributed by atoms with van der Waals surface area (Å²) in [5.41, 5.74) is 0. The quantitative estimate of drug-likeness (QED) is 0.310. The maximum atomic E-state index is 13.5. The number of carboxylic acid groups (broad SMARTS) is 1. The lowest BCUT2D eigenvalue weighted by atomic mass is 9.66. The van der Waals surface area contributed by atoms with E-state index in [0.29, 0.717) is 42.7 Å². The number of fused-ring (bicyclic) bond motifs is 1. The molecule has 2 saturated carbocycles. The van der Waals surface area contributed by atoms with E-state index in [-0.39, 0.29) is 42.2 Å². The van der Waals surface area contributed by atoms with Crippen LogP contribution in [0.4, 0.5) is 0 Å². The van der Waals surface area contributed by atoms with E-state index in [9.17, 15) is 19.5 Å². The second-order valence-corrected chi connectivity index (χ2v) is 11.6. The number of likely N-dealkylation sites (tertiary alicyclic amines) is 1. The van der Waals surface area contributed by atoms with Crippen LogP contribution < -0.4 is 5.11 Å². The highest BCUT2D eigenvalue weighted by atomic mass is 35.5. The molecule has 3 rings (SSSR count). The van der Waals surface area contributed by atoms with Gasteiger partial charge in [0.2, 0.25) is 0 Å². The maximum absolute atomic E-state index is 13.5. The molecule has 0 aromatic rings. The number of nitrogens with zero attached hydrogens (tertiary/aromatic N) is 2. The monoisotopic (exact) mass is 515 g/mol. The molecule has 0 N–H and O–H groups in total. The number of aliphatic carboxylic acids is 1. The summed E-state index contributed by atoms with van der Waals surface area (Å²) in [6.07, 6.45) is 7.22. The van der Waals surface area contributed by atoms with Gasteiger partial charge >= 0.3 is 0 Å². The van der Waals surface area contributed by atoms with Crippen molar-refractivity contribution >= 4 is 40.7 Å². The van der Waals surface area contributed by atoms with Crippen LogP contribution in [0.3, 0.4) is 0 Å². The number of Topliss-reactive ketones (excluding diaryl/α,β-unsaturated/α-hetero) is 2. The van der Waals surface area contributed by atoms with Crippen molar-refractivity contribution < 1.29 is 19.5 Å². The van der Waals surface area contributed by atoms with Crippen LogP contribution in [0.2, 0.25) is 0 Å². The summed E-state index contributed by atoms with van der Waals surface area (Å²) < 4.78 is 0. The number of hydrogen-bond acceptors (Lipinski definition) is 6. The van der Waals surface area contributed by atoms with Gasteiger partial charge in [0.15, 0.2) is 0 Å². The third kappa shape index (κ3) is 6.74. The van der Waals surface area contributed by atoms with E-state index in [1.165, 1.54) is 0 Å². The number of halogens is 2. The van der Waals surface area contributed by atoms with E-state index in [1.807, 2.05) is 13.8 Å². The minimum Gasteiger partial charge on any atom is -0.549 e. The first-order valence-corrected chi connectivity index (χ1v) is 14.2. The van der Waals surface area contributed by atoms with E-state index >= 15 is 0 Å². The molecule has 4 unspecified atom stereocenters. The SMILES string of the molecule is CC(C)N1CC(C(=O)[O-])C(=O)C2CCC(C(=O)C3CCC(CCN(CCCl)CCCl)CC3)CC21. The Kier molecular flexibility index (Phi) is 10.7. The summed E-state index contributed by atoms with van der Waals surface area (Å²) in [4.78, 5) is 42.3. The molecule has 0 aromatic heterocycles. The zero-order chi connectivity index (χ0) is 24.8. The summed E-state index contributed by atoms with van der Waals surface area (Å²) in [7, 11) is 0. The lowest BCUT2D eigenvalue weighted by Gasteiger charge is -2.49. The topological polar surface area (TPSA) is 80.8 Å². The Balaban J connectivity index is 1.53. The van der Waals surface area contributed by atoms with Gasteiger partial charge < -0.3 is 14.8 Å². The van der Waals surface area contributed by atoms with Gasteiger partial charge in [-0.25, -0.2) is 0 Å². The van der Waals surface area contributed by atoms with Crippen molar-refractivity contribution in [2.24, 2.45) is 29.6 Å². The number of carboxylic acids is 1. The molecule has 34 heavy (non-hydrogen) atoms. The van der Waals surface area contributed by atoms with Crippen LogP contribution in [0.15, 0.2) is 0 Å². The van der Waals surface area contributed by atoms with Gasteiger partial charge in [-0.15, -0.1) is 23.2 Å². The molecule has 0 bridgehead atoms. The average Bonchev–Trinajstić information content (AvgIpc) is 2.82. The van der Waals surface area contributed by atoms with Crippen molar-refractivity contribution in [2.45, 2.75) is 77.3 Å². The molecule has 3 aliphatic rings. The van der Waals surface area contributed by atoms with Crippen LogP contribution in [0, 0.1) is 29.6 Å². The predicted molar refractivity (Wildman–Crippen MR) is 133 cm³/mol. The maximum Gasteiger partial charge on any atom is 0.147 e. The number of carbonyl (C=O) groups excluding carboxylic acids is 3. The molecular weight excluding hydrogens is 475 g/mol. The van der Waals surface area contributed by atoms with Gasteiger partial charge in [0.1, 0.15) is 11.6 Å². The molecule has 0 spiro atoms. The van der Waals surface area contributed by atoms with E-state index < -0.39 is 11.9 Å². The largest absolute Gasteiger partial charge is 0.549 e. The van der Waals surface area contributed by atoms with Crippen LogP contribution in [0.5, 0.6) is 0 Å². The van der Waals surface area contributed by atoms with Gasteiger partial charge in [-0.2, -0.15) is 0 Å². The molecular formula is C26H41Cl2N2O4-. The molecule has 4 atom stereocenters. The van der Waals surface area contributed by atoms with E-state index in [1.54, 1.807) is 0 Å². The lowest BCUT2D eigenvalue weighted by Crippen LogP contribution is -2.61. The normalized spacial score (nSPS) is 32.7. The average molecular weight is 517 g/mol. The Bertz CT molecular complexity index is 705. The summed E-state index contributed by atoms with van der Waals surface area (Å²) in [5, 5.41) is 11.5. The minimum absolute atomic E-state index is 0.0145. The Labute approximate surface area is 214 Å². The number of carbonyl (C=O) groups is 3. The molecule has 2 aliphatic carbocycles. The molecule has 0 aromatic carbocycles. The van der Waals surface area contributed by atoms with Gasteiger partial charge in [-0.1, -0.05) is 0 Å². The molecule has 3 fully saturated rings. The van der Waals surface area contributed by atoms with Gasteiger partial charge in [-0.05, 0) is 77.7 Å². The Morgan fingerprint density at radius 2 is 1.62 bits per heavy atom. The molecule has 1 saturated heterocycles. The summed E-state index contributed by atoms with van der Waals surface area (Å²) >= 11 is 11.8. The van der Waals surface area contributed by atoms with Crippen molar-refractivity contribution in [2.75, 3.05) is 37.9 Å². The van der Waals surface area contributed by atoms with Crippen molar-refractivity contribution in [3.63, 3.8) is 0 Å². The molecule has 0 radical (unpaired) electrons. The summed E-state index contributed by atoms with van der Waals surface area (Å²) in [5.74, 6) is -0.407. The van der Waals surface area contributed by atoms with Crippen LogP contribution in [-0.4, -0.2) is 77.4 Å². The fourth-order valence-electron chi connectivity index (χ4n) is 6.59. The Morgan fingerprint density at radius 3 is 2.18 bits per heavy atom. The fourth-order valence-corrected chi connectivity index (χ4v) is 7.07. The highest BCUT2D eigenvalue weighted by Gasteiger charge is 2.48. The molecule has 194 valence electrons. The van der Waals surface area contributed by atoms with E-state index in [0.717, 1.165) is 51.7 Å². The minimum atomic E-state index is -1.27. The molecule has 8 heteroatoms. The molecule has 6 nitrogen and oxygen atoms in total. The van der Waals surface area contributed by atoms with Crippen LogP contribution in [0.1, 0.15) is 65.2 Å². The zero-order valence-corrected chi connectivity index (χ0v) is 22.2. The summed E-state index contributed by atoms with van der Waals surface area (Å²) in [6.45, 7) is 7.02. The van der Waals surface area contributed by atoms with Gasteiger partial charge in [0, 0.05) is 61.2 Å². The highest BCUT2D eigenvalue weighted by molar-refractivity contribution is 6.18. The van der Waals surface area contributed by atoms with Crippen LogP contribution in [0.25, 0.3) is 0 Å². The number of hydrogen-bond donors (Lipinski definition) is 0. The first-order valence-electron chi connectivity index (χ1n) is 13.1. The number of piperidine rings is 1. The van der Waals surface area contributed by atoms with Crippen molar-refractivity contribution in [3.05, 3.63) is 0 Å². The Morgan fingerprint density at radius 1 is 1.00 bits per heavy atom. The molecule has 0 amide bonds. The highest BCUT2D eigenvalue weighted by Crippen LogP contribution is 2.42. The standard InChI is InChI=1S/C26H42Cl2N2O4/c1-17(2)30-16-22(26(33)34)25(32)21-8-7-20(15-23(21)30)24(31)19-5-3-18(4-6-19)9-12-29(13-10-27)14-11-28/h17-23H,3-16H2,1-2H3,(H,33,34)/p-1. The number of ketones is 2. The van der Waals surface area contributed by atoms with Crippen molar-refractivity contribution in [1.29, 1.82) is 0 Å². The lowest BCUT2D eigenvalue weighted by molar-refractivity contribution is -0.311. The van der Waals surface area contributed by atoms with Crippen molar-refractivity contribution in [3.8, 4) is 0 Å². The van der Waals surface area contributed by atoms with E-state index in [4.69, 9.17) is 23.2 Å². The zero-order valence-electron chi connectivity index (χ0n) is 20.7. The third-order valence-electron chi connectivity index (χ3n) is 8.60. The molecule has 1 aliphatic heterocycles. The second-order valence-electron chi connectivity index (χ2n) is 10.9. The number of alkyl halides is 2. The fraction of sp³-hybridized carbons (Fsp3) is 0.885. The molecule has 1 heterocycles. The third-order valence-corrected chi connectivity index (χ3v) is 8.94. The summed E-state index contributed by atoms with van der Waals surface area (Å²) in [6, 6.07) is 0.0981. The number of rotatable bonds is 11. The van der Waals surface area contributed by atoms with Crippen LogP contribution >= 0.6 is 23.2 Å². The van der Waals surface area contributed by atoms with Gasteiger partial charge in [0.05, 0.1) is 11.9 Å². The first-order chi connectivity index (χ1) is 16.3. The Hall–Kier alpha value is -0.690. The van der Waals surface area contributed by atoms with Crippen molar-refractivity contribution in [1.82, 2.24) is 9.80 Å². The van der Waals surface area contributed by atoms with Crippen LogP contribution in [-0.2, 0) is 14.4 Å². The van der Waals surface area contributed by atoms with Gasteiger partial charge in [-0.3, -0.25) is 14.5 Å².